The molecule has 6 aromatic rings. The average Bonchev–Trinajstić information content (AvgIpc) is 3.04. The van der Waals surface area contributed by atoms with E-state index in [1.807, 2.05) is 50.2 Å². The number of rotatable bonds is 4. The molecule has 2 N–H and O–H groups in total. The Morgan fingerprint density at radius 3 is 1.86 bits per heavy atom. The zero-order valence-electron chi connectivity index (χ0n) is 24.5. The molecule has 0 fully saturated rings. The zero-order valence-corrected chi connectivity index (χ0v) is 24.5. The standard InChI is InChI=1S/C39H32N2O2/c1-23-22-26(38(42)40-36-24(2)28-12-4-6-14-30(28)32-16-8-10-18-34(32)36)20-21-27(23)39(43)41-37-25(3)29-13-5-7-15-31(29)33-17-9-11-19-35(33)37/h4-9,11-17,19-22H,10,18H2,1-3H3,(H,40,42)(H,41,43). The molecule has 0 radical (unpaired) electrons. The first-order chi connectivity index (χ1) is 20.9. The molecule has 43 heavy (non-hydrogen) atoms. The van der Waals surface area contributed by atoms with Gasteiger partial charge in [0.05, 0.1) is 5.69 Å². The van der Waals surface area contributed by atoms with Gasteiger partial charge in [0.2, 0.25) is 0 Å². The van der Waals surface area contributed by atoms with Crippen molar-refractivity contribution in [3.8, 4) is 0 Å². The quantitative estimate of drug-likeness (QED) is 0.211. The minimum absolute atomic E-state index is 0.179. The minimum Gasteiger partial charge on any atom is -0.321 e. The van der Waals surface area contributed by atoms with Gasteiger partial charge in [0.25, 0.3) is 11.8 Å². The summed E-state index contributed by atoms with van der Waals surface area (Å²) in [6.07, 6.45) is 6.20. The lowest BCUT2D eigenvalue weighted by Gasteiger charge is -2.22. The summed E-state index contributed by atoms with van der Waals surface area (Å²) in [5.74, 6) is -0.374. The van der Waals surface area contributed by atoms with Crippen LogP contribution in [0, 0.1) is 20.8 Å². The van der Waals surface area contributed by atoms with Gasteiger partial charge in [-0.05, 0) is 107 Å². The minimum atomic E-state index is -0.195. The number of anilines is 2. The highest BCUT2D eigenvalue weighted by molar-refractivity contribution is 6.19. The summed E-state index contributed by atoms with van der Waals surface area (Å²) in [6, 6.07) is 30.1. The smallest absolute Gasteiger partial charge is 0.255 e. The molecule has 0 aliphatic heterocycles. The zero-order chi connectivity index (χ0) is 29.7. The van der Waals surface area contributed by atoms with Crippen LogP contribution in [0.1, 0.15) is 55.0 Å². The maximum absolute atomic E-state index is 13.7. The molecule has 0 bridgehead atoms. The van der Waals surface area contributed by atoms with Gasteiger partial charge in [-0.3, -0.25) is 9.59 Å². The largest absolute Gasteiger partial charge is 0.321 e. The molecular weight excluding hydrogens is 528 g/mol. The van der Waals surface area contributed by atoms with E-state index < -0.39 is 0 Å². The number of carbonyl (C=O) groups excluding carboxylic acids is 2. The summed E-state index contributed by atoms with van der Waals surface area (Å²) in [7, 11) is 0. The lowest BCUT2D eigenvalue weighted by molar-refractivity contribution is 0.101. The fourth-order valence-electron chi connectivity index (χ4n) is 6.66. The van der Waals surface area contributed by atoms with E-state index in [0.29, 0.717) is 11.1 Å². The lowest BCUT2D eigenvalue weighted by Crippen LogP contribution is -2.18. The van der Waals surface area contributed by atoms with Crippen molar-refractivity contribution in [2.24, 2.45) is 0 Å². The molecule has 4 nitrogen and oxygen atoms in total. The predicted octanol–water partition coefficient (Wildman–Crippen LogP) is 9.54. The van der Waals surface area contributed by atoms with Crippen molar-refractivity contribution in [1.82, 2.24) is 0 Å². The van der Waals surface area contributed by atoms with Crippen LogP contribution in [0.15, 0.2) is 97.1 Å². The van der Waals surface area contributed by atoms with E-state index in [1.165, 1.54) is 21.9 Å². The van der Waals surface area contributed by atoms with E-state index in [2.05, 4.69) is 66.1 Å². The second-order valence-electron chi connectivity index (χ2n) is 11.4. The number of fused-ring (bicyclic) bond motifs is 6. The monoisotopic (exact) mass is 560 g/mol. The molecule has 0 unspecified atom stereocenters. The van der Waals surface area contributed by atoms with Crippen LogP contribution in [0.4, 0.5) is 11.4 Å². The number of nitrogens with one attached hydrogen (secondary N) is 2. The van der Waals surface area contributed by atoms with Gasteiger partial charge in [-0.25, -0.2) is 0 Å². The molecule has 4 heteroatoms. The van der Waals surface area contributed by atoms with Crippen molar-refractivity contribution in [1.29, 1.82) is 0 Å². The lowest BCUT2D eigenvalue weighted by atomic mass is 9.87. The Labute approximate surface area is 251 Å². The van der Waals surface area contributed by atoms with Crippen LogP contribution < -0.4 is 10.6 Å². The van der Waals surface area contributed by atoms with Gasteiger partial charge in [-0.15, -0.1) is 0 Å². The third-order valence-corrected chi connectivity index (χ3v) is 8.87. The van der Waals surface area contributed by atoms with Crippen molar-refractivity contribution in [3.63, 3.8) is 0 Å². The van der Waals surface area contributed by atoms with Crippen molar-refractivity contribution in [2.75, 3.05) is 10.6 Å². The number of allylic oxidation sites excluding steroid dienone is 1. The van der Waals surface area contributed by atoms with Crippen LogP contribution >= 0.6 is 0 Å². The van der Waals surface area contributed by atoms with Crippen LogP contribution in [0.3, 0.4) is 0 Å². The number of carbonyl (C=O) groups is 2. The Bertz CT molecular complexity index is 2160. The van der Waals surface area contributed by atoms with E-state index in [4.69, 9.17) is 0 Å². The number of benzene rings is 6. The molecule has 0 aromatic heterocycles. The maximum atomic E-state index is 13.7. The molecule has 0 heterocycles. The molecule has 1 aliphatic carbocycles. The summed E-state index contributed by atoms with van der Waals surface area (Å²) in [6.45, 7) is 6.01. The van der Waals surface area contributed by atoms with Gasteiger partial charge in [-0.1, -0.05) is 84.9 Å². The van der Waals surface area contributed by atoms with Crippen LogP contribution in [0.2, 0.25) is 0 Å². The van der Waals surface area contributed by atoms with Gasteiger partial charge in [0.15, 0.2) is 0 Å². The topological polar surface area (TPSA) is 58.2 Å². The number of aryl methyl sites for hydroxylation is 3. The van der Waals surface area contributed by atoms with Gasteiger partial charge in [0, 0.05) is 22.2 Å². The van der Waals surface area contributed by atoms with Crippen molar-refractivity contribution < 1.29 is 9.59 Å². The van der Waals surface area contributed by atoms with Gasteiger partial charge >= 0.3 is 0 Å². The summed E-state index contributed by atoms with van der Waals surface area (Å²) in [4.78, 5) is 27.2. The summed E-state index contributed by atoms with van der Waals surface area (Å²) < 4.78 is 0. The molecule has 0 spiro atoms. The maximum Gasteiger partial charge on any atom is 0.255 e. The molecule has 210 valence electrons. The number of hydrogen-bond donors (Lipinski definition) is 2. The fraction of sp³-hybridized carbons (Fsp3) is 0.128. The first-order valence-electron chi connectivity index (χ1n) is 14.8. The first kappa shape index (κ1) is 26.7. The summed E-state index contributed by atoms with van der Waals surface area (Å²) >= 11 is 0. The van der Waals surface area contributed by atoms with Crippen LogP contribution in [-0.4, -0.2) is 11.8 Å². The van der Waals surface area contributed by atoms with E-state index in [0.717, 1.165) is 62.5 Å². The molecular formula is C39H32N2O2. The number of hydrogen-bond acceptors (Lipinski definition) is 2. The molecule has 6 aromatic carbocycles. The molecule has 0 saturated heterocycles. The van der Waals surface area contributed by atoms with Gasteiger partial charge < -0.3 is 10.6 Å². The Morgan fingerprint density at radius 1 is 0.605 bits per heavy atom. The highest BCUT2D eigenvalue weighted by atomic mass is 16.2. The van der Waals surface area contributed by atoms with Crippen LogP contribution in [0.5, 0.6) is 0 Å². The van der Waals surface area contributed by atoms with Crippen molar-refractivity contribution >= 4 is 61.6 Å². The SMILES string of the molecule is Cc1cc(C(=O)Nc2c3c(c4ccccc4c2C)C=CCC3)ccc1C(=O)Nc1c(C)c2ccccc2c2ccccc12. The Morgan fingerprint density at radius 2 is 1.16 bits per heavy atom. The van der Waals surface area contributed by atoms with Crippen LogP contribution in [0.25, 0.3) is 38.4 Å². The molecule has 0 saturated carbocycles. The highest BCUT2D eigenvalue weighted by Crippen LogP contribution is 2.38. The summed E-state index contributed by atoms with van der Waals surface area (Å²) in [5.41, 5.74) is 7.97. The Hall–Kier alpha value is -5.22. The third-order valence-electron chi connectivity index (χ3n) is 8.87. The second kappa shape index (κ2) is 10.6. The van der Waals surface area contributed by atoms with Crippen molar-refractivity contribution in [2.45, 2.75) is 33.6 Å². The highest BCUT2D eigenvalue weighted by Gasteiger charge is 2.21. The Balaban J connectivity index is 1.20. The van der Waals surface area contributed by atoms with Crippen molar-refractivity contribution in [3.05, 3.63) is 136 Å². The second-order valence-corrected chi connectivity index (χ2v) is 11.4. The molecule has 2 amide bonds. The predicted molar refractivity (Wildman–Crippen MR) is 179 cm³/mol. The van der Waals surface area contributed by atoms with E-state index in [1.54, 1.807) is 18.2 Å². The van der Waals surface area contributed by atoms with Gasteiger partial charge in [0.1, 0.15) is 0 Å². The van der Waals surface area contributed by atoms with E-state index >= 15 is 0 Å². The Kier molecular flexibility index (Phi) is 6.55. The van der Waals surface area contributed by atoms with E-state index in [-0.39, 0.29) is 11.8 Å². The summed E-state index contributed by atoms with van der Waals surface area (Å²) in [5, 5.41) is 13.2. The van der Waals surface area contributed by atoms with E-state index in [9.17, 15) is 9.59 Å². The first-order valence-corrected chi connectivity index (χ1v) is 14.8. The van der Waals surface area contributed by atoms with Crippen LogP contribution in [-0.2, 0) is 6.42 Å². The normalized spacial score (nSPS) is 12.4. The number of amides is 2. The van der Waals surface area contributed by atoms with Gasteiger partial charge in [-0.2, -0.15) is 0 Å². The average molecular weight is 561 g/mol. The molecule has 7 rings (SSSR count). The molecule has 0 atom stereocenters. The molecule has 1 aliphatic rings. The third kappa shape index (κ3) is 4.47. The fourth-order valence-corrected chi connectivity index (χ4v) is 6.66.